The summed E-state index contributed by atoms with van der Waals surface area (Å²) >= 11 is 5.71. The summed E-state index contributed by atoms with van der Waals surface area (Å²) in [7, 11) is 0. The highest BCUT2D eigenvalue weighted by atomic mass is 127. The fraction of sp³-hybridized carbons (Fsp3) is 0.143. The molecular weight excluding hydrogens is 375 g/mol. The second kappa shape index (κ2) is 5.28. The first kappa shape index (κ1) is 12.6. The number of hydrogen-bond donors (Lipinski definition) is 1. The van der Waals surface area contributed by atoms with Crippen LogP contribution in [0.5, 0.6) is 0 Å². The van der Waals surface area contributed by atoms with Crippen molar-refractivity contribution in [3.05, 3.63) is 55.1 Å². The average Bonchev–Trinajstić information content (AvgIpc) is 2.97. The topological polar surface area (TPSA) is 20.2 Å². The summed E-state index contributed by atoms with van der Waals surface area (Å²) in [5.74, 6) is 0. The monoisotopic (exact) mass is 386 g/mol. The number of thiophene rings is 2. The normalized spacial score (nSPS) is 13.0. The zero-order chi connectivity index (χ0) is 12.5. The number of aliphatic hydroxyl groups is 1. The van der Waals surface area contributed by atoms with E-state index in [1.807, 2.05) is 5.38 Å². The van der Waals surface area contributed by atoms with Crippen molar-refractivity contribution in [2.45, 2.75) is 12.5 Å². The van der Waals surface area contributed by atoms with Crippen molar-refractivity contribution >= 4 is 55.4 Å². The van der Waals surface area contributed by atoms with Gasteiger partial charge in [-0.25, -0.2) is 0 Å². The van der Waals surface area contributed by atoms with Gasteiger partial charge in [0.1, 0.15) is 0 Å². The Bertz CT molecular complexity index is 671. The van der Waals surface area contributed by atoms with Crippen LogP contribution in [0.4, 0.5) is 0 Å². The quantitative estimate of drug-likeness (QED) is 0.639. The highest BCUT2D eigenvalue weighted by molar-refractivity contribution is 14.1. The number of aliphatic hydroxyl groups excluding tert-OH is 1. The molecule has 0 spiro atoms. The first-order valence-electron chi connectivity index (χ1n) is 5.61. The number of benzene rings is 1. The third-order valence-corrected chi connectivity index (χ3v) is 5.77. The zero-order valence-electron chi connectivity index (χ0n) is 9.47. The summed E-state index contributed by atoms with van der Waals surface area (Å²) < 4.78 is 2.51. The lowest BCUT2D eigenvalue weighted by Crippen LogP contribution is -1.99. The van der Waals surface area contributed by atoms with Crippen LogP contribution in [0.2, 0.25) is 0 Å². The molecule has 0 saturated carbocycles. The van der Waals surface area contributed by atoms with Crippen LogP contribution in [0.3, 0.4) is 0 Å². The molecule has 1 N–H and O–H groups in total. The maximum absolute atomic E-state index is 10.3. The van der Waals surface area contributed by atoms with Gasteiger partial charge in [-0.05, 0) is 62.0 Å². The van der Waals surface area contributed by atoms with Crippen molar-refractivity contribution in [1.29, 1.82) is 0 Å². The molecule has 1 atom stereocenters. The first-order valence-corrected chi connectivity index (χ1v) is 8.45. The van der Waals surface area contributed by atoms with Gasteiger partial charge in [-0.2, -0.15) is 0 Å². The molecule has 0 radical (unpaired) electrons. The minimum absolute atomic E-state index is 0.400. The molecule has 1 nitrogen and oxygen atoms in total. The van der Waals surface area contributed by atoms with Crippen molar-refractivity contribution in [3.8, 4) is 0 Å². The molecule has 3 aromatic rings. The maximum Gasteiger partial charge on any atom is 0.0839 e. The molecule has 0 aliphatic carbocycles. The number of halogens is 1. The molecule has 1 aromatic carbocycles. The Morgan fingerprint density at radius 2 is 2.00 bits per heavy atom. The highest BCUT2D eigenvalue weighted by Gasteiger charge is 2.13. The second-order valence-corrected chi connectivity index (χ2v) is 7.88. The molecule has 0 aliphatic rings. The van der Waals surface area contributed by atoms with Crippen LogP contribution in [-0.2, 0) is 6.42 Å². The van der Waals surface area contributed by atoms with E-state index in [0.717, 1.165) is 5.56 Å². The van der Waals surface area contributed by atoms with Crippen LogP contribution in [0.25, 0.3) is 10.1 Å². The van der Waals surface area contributed by atoms with E-state index in [0.29, 0.717) is 6.42 Å². The van der Waals surface area contributed by atoms with Crippen LogP contribution < -0.4 is 0 Å². The van der Waals surface area contributed by atoms with Crippen LogP contribution in [0.1, 0.15) is 17.2 Å². The van der Waals surface area contributed by atoms with E-state index in [-0.39, 0.29) is 0 Å². The second-order valence-electron chi connectivity index (χ2n) is 4.16. The molecule has 1 unspecified atom stereocenters. The molecular formula is C14H11IOS2. The standard InChI is InChI=1S/C14H11IOS2/c15-14-6-10(8-18-14)12(16)5-9-7-17-13-4-2-1-3-11(9)13/h1-4,6-8,12,16H,5H2. The molecule has 0 amide bonds. The first-order chi connectivity index (χ1) is 8.74. The Morgan fingerprint density at radius 1 is 1.17 bits per heavy atom. The van der Waals surface area contributed by atoms with Crippen LogP contribution >= 0.6 is 45.3 Å². The largest absolute Gasteiger partial charge is 0.388 e. The van der Waals surface area contributed by atoms with Gasteiger partial charge in [0.15, 0.2) is 0 Å². The Labute approximate surface area is 127 Å². The minimum atomic E-state index is -0.400. The summed E-state index contributed by atoms with van der Waals surface area (Å²) in [5, 5.41) is 15.7. The van der Waals surface area contributed by atoms with Gasteiger partial charge in [0.25, 0.3) is 0 Å². The smallest absolute Gasteiger partial charge is 0.0839 e. The van der Waals surface area contributed by atoms with Gasteiger partial charge in [-0.3, -0.25) is 0 Å². The van der Waals surface area contributed by atoms with Crippen LogP contribution in [-0.4, -0.2) is 5.11 Å². The summed E-state index contributed by atoms with van der Waals surface area (Å²) in [4.78, 5) is 0. The lowest BCUT2D eigenvalue weighted by Gasteiger charge is -2.07. The third-order valence-electron chi connectivity index (χ3n) is 2.95. The molecule has 0 bridgehead atoms. The fourth-order valence-corrected chi connectivity index (χ4v) is 4.41. The van der Waals surface area contributed by atoms with Gasteiger partial charge in [0.05, 0.1) is 8.99 Å². The van der Waals surface area contributed by atoms with E-state index in [1.54, 1.807) is 22.7 Å². The van der Waals surface area contributed by atoms with Crippen molar-refractivity contribution in [3.63, 3.8) is 0 Å². The summed E-state index contributed by atoms with van der Waals surface area (Å²) in [6.45, 7) is 0. The van der Waals surface area contributed by atoms with Crippen molar-refractivity contribution in [2.24, 2.45) is 0 Å². The third kappa shape index (κ3) is 2.47. The van der Waals surface area contributed by atoms with Gasteiger partial charge in [0, 0.05) is 11.1 Å². The van der Waals surface area contributed by atoms with Gasteiger partial charge in [-0.15, -0.1) is 22.7 Å². The van der Waals surface area contributed by atoms with E-state index in [1.165, 1.54) is 18.5 Å². The van der Waals surface area contributed by atoms with E-state index in [9.17, 15) is 5.11 Å². The molecule has 2 heterocycles. The Morgan fingerprint density at radius 3 is 2.78 bits per heavy atom. The number of hydrogen-bond acceptors (Lipinski definition) is 3. The van der Waals surface area contributed by atoms with E-state index in [2.05, 4.69) is 58.3 Å². The lowest BCUT2D eigenvalue weighted by atomic mass is 10.0. The molecule has 0 saturated heterocycles. The SMILES string of the molecule is OC(Cc1csc2ccccc12)c1csc(I)c1. The van der Waals surface area contributed by atoms with Gasteiger partial charge in [0.2, 0.25) is 0 Å². The van der Waals surface area contributed by atoms with Crippen molar-refractivity contribution in [2.75, 3.05) is 0 Å². The summed E-state index contributed by atoms with van der Waals surface area (Å²) in [5.41, 5.74) is 2.27. The fourth-order valence-electron chi connectivity index (χ4n) is 2.02. The van der Waals surface area contributed by atoms with E-state index in [4.69, 9.17) is 0 Å². The van der Waals surface area contributed by atoms with Gasteiger partial charge in [-0.1, -0.05) is 18.2 Å². The molecule has 3 rings (SSSR count). The molecule has 0 fully saturated rings. The molecule has 92 valence electrons. The summed E-state index contributed by atoms with van der Waals surface area (Å²) in [6.07, 6.45) is 0.291. The Hall–Kier alpha value is -0.430. The molecule has 2 aromatic heterocycles. The van der Waals surface area contributed by atoms with Gasteiger partial charge >= 0.3 is 0 Å². The van der Waals surface area contributed by atoms with E-state index < -0.39 is 6.10 Å². The predicted octanol–water partition coefficient (Wildman–Crippen LogP) is 4.84. The molecule has 0 aliphatic heterocycles. The number of fused-ring (bicyclic) bond motifs is 1. The average molecular weight is 386 g/mol. The van der Waals surface area contributed by atoms with Gasteiger partial charge < -0.3 is 5.11 Å². The van der Waals surface area contributed by atoms with Crippen LogP contribution in [0.15, 0.2) is 41.1 Å². The van der Waals surface area contributed by atoms with E-state index >= 15 is 0 Å². The van der Waals surface area contributed by atoms with Crippen LogP contribution in [0, 0.1) is 2.88 Å². The molecule has 18 heavy (non-hydrogen) atoms. The molecule has 4 heteroatoms. The predicted molar refractivity (Wildman–Crippen MR) is 87.5 cm³/mol. The summed E-state index contributed by atoms with van der Waals surface area (Å²) in [6, 6.07) is 10.4. The Kier molecular flexibility index (Phi) is 3.70. The lowest BCUT2D eigenvalue weighted by molar-refractivity contribution is 0.179. The van der Waals surface area contributed by atoms with Crippen molar-refractivity contribution in [1.82, 2.24) is 0 Å². The Balaban J connectivity index is 1.88. The van der Waals surface area contributed by atoms with Crippen molar-refractivity contribution < 1.29 is 5.11 Å². The maximum atomic E-state index is 10.3. The zero-order valence-corrected chi connectivity index (χ0v) is 13.3. The highest BCUT2D eigenvalue weighted by Crippen LogP contribution is 2.30. The minimum Gasteiger partial charge on any atom is -0.388 e. The number of rotatable bonds is 3.